The first-order valence-electron chi connectivity index (χ1n) is 11.1. The lowest BCUT2D eigenvalue weighted by Gasteiger charge is -2.29. The molecule has 0 bridgehead atoms. The SMILES string of the molecule is COc1c(F)c(-c2cc3c(s2)CCCC3C(N)C(F)(F)F)c(CC2CC2)c2[nH]c(=O)[nH]c(=O)c12. The molecule has 0 amide bonds. The average molecular weight is 498 g/mol. The maximum absolute atomic E-state index is 15.9. The van der Waals surface area contributed by atoms with Crippen molar-refractivity contribution in [2.24, 2.45) is 11.7 Å². The predicted octanol–water partition coefficient (Wildman–Crippen LogP) is 4.35. The third kappa shape index (κ3) is 3.84. The average Bonchev–Trinajstić information content (AvgIpc) is 3.48. The van der Waals surface area contributed by atoms with E-state index in [9.17, 15) is 22.8 Å². The molecule has 1 saturated carbocycles. The van der Waals surface area contributed by atoms with Crippen LogP contribution >= 0.6 is 11.3 Å². The Morgan fingerprint density at radius 3 is 2.62 bits per heavy atom. The topological polar surface area (TPSA) is 101 Å². The second-order valence-corrected chi connectivity index (χ2v) is 10.2. The Bertz CT molecular complexity index is 1390. The van der Waals surface area contributed by atoms with Gasteiger partial charge in [0.25, 0.3) is 5.56 Å². The fourth-order valence-electron chi connectivity index (χ4n) is 4.99. The second kappa shape index (κ2) is 8.23. The fourth-order valence-corrected chi connectivity index (χ4v) is 6.33. The highest BCUT2D eigenvalue weighted by molar-refractivity contribution is 7.15. The fraction of sp³-hybridized carbons (Fsp3) is 0.478. The largest absolute Gasteiger partial charge is 0.493 e. The third-order valence-electron chi connectivity index (χ3n) is 6.80. The van der Waals surface area contributed by atoms with Crippen LogP contribution in [-0.4, -0.2) is 29.3 Å². The molecule has 11 heteroatoms. The first kappa shape index (κ1) is 23.1. The molecule has 0 aliphatic heterocycles. The summed E-state index contributed by atoms with van der Waals surface area (Å²) in [4.78, 5) is 30.6. The van der Waals surface area contributed by atoms with E-state index in [2.05, 4.69) is 9.97 Å². The van der Waals surface area contributed by atoms with Crippen LogP contribution in [0.1, 0.15) is 47.6 Å². The Balaban J connectivity index is 1.77. The standard InChI is InChI=1S/C23H23F4N3O3S/c1-33-19-16-18(29-22(32)30-21(16)31)12(7-9-5-6-9)15(17(19)24)14-8-11-10(20(28)23(25,26)27)3-2-4-13(11)34-14/h8-10,20H,2-7,28H2,1H3,(H2,29,30,31,32). The number of hydrogen-bond donors (Lipinski definition) is 3. The van der Waals surface area contributed by atoms with Gasteiger partial charge in [-0.1, -0.05) is 0 Å². The van der Waals surface area contributed by atoms with Gasteiger partial charge in [0.1, 0.15) is 11.4 Å². The number of methoxy groups -OCH3 is 1. The van der Waals surface area contributed by atoms with E-state index in [1.54, 1.807) is 6.07 Å². The van der Waals surface area contributed by atoms with E-state index in [4.69, 9.17) is 10.5 Å². The van der Waals surface area contributed by atoms with Crippen LogP contribution < -0.4 is 21.7 Å². The minimum absolute atomic E-state index is 0.0858. The molecule has 2 aromatic heterocycles. The number of aromatic amines is 2. The lowest BCUT2D eigenvalue weighted by molar-refractivity contribution is -0.153. The number of rotatable bonds is 5. The molecule has 182 valence electrons. The normalized spacial score (nSPS) is 19.3. The molecule has 5 rings (SSSR count). The Kier molecular flexibility index (Phi) is 5.59. The maximum atomic E-state index is 15.9. The van der Waals surface area contributed by atoms with Crippen LogP contribution in [0.4, 0.5) is 17.6 Å². The van der Waals surface area contributed by atoms with Crippen LogP contribution in [0.5, 0.6) is 5.75 Å². The van der Waals surface area contributed by atoms with E-state index in [-0.39, 0.29) is 28.1 Å². The van der Waals surface area contributed by atoms with Gasteiger partial charge in [0.2, 0.25) is 0 Å². The van der Waals surface area contributed by atoms with Gasteiger partial charge in [-0.25, -0.2) is 9.18 Å². The van der Waals surface area contributed by atoms with Gasteiger partial charge in [0.05, 0.1) is 12.6 Å². The van der Waals surface area contributed by atoms with Crippen LogP contribution in [0.2, 0.25) is 0 Å². The Morgan fingerprint density at radius 1 is 1.24 bits per heavy atom. The molecule has 2 atom stereocenters. The molecule has 34 heavy (non-hydrogen) atoms. The monoisotopic (exact) mass is 497 g/mol. The van der Waals surface area contributed by atoms with Gasteiger partial charge in [-0.2, -0.15) is 13.2 Å². The van der Waals surface area contributed by atoms with Crippen molar-refractivity contribution in [3.8, 4) is 16.2 Å². The summed E-state index contributed by atoms with van der Waals surface area (Å²) in [6.45, 7) is 0. The number of hydrogen-bond acceptors (Lipinski definition) is 5. The number of benzene rings is 1. The van der Waals surface area contributed by atoms with Crippen LogP contribution in [0.15, 0.2) is 15.7 Å². The zero-order chi connectivity index (χ0) is 24.4. The Morgan fingerprint density at radius 2 is 1.97 bits per heavy atom. The van der Waals surface area contributed by atoms with E-state index in [1.165, 1.54) is 18.4 Å². The van der Waals surface area contributed by atoms with Gasteiger partial charge in [0, 0.05) is 21.2 Å². The number of ether oxygens (including phenoxy) is 1. The first-order chi connectivity index (χ1) is 16.1. The van der Waals surface area contributed by atoms with Crippen molar-refractivity contribution in [1.29, 1.82) is 0 Å². The summed E-state index contributed by atoms with van der Waals surface area (Å²) in [5, 5.41) is -0.0858. The quantitative estimate of drug-likeness (QED) is 0.456. The molecule has 2 aliphatic rings. The minimum atomic E-state index is -4.55. The van der Waals surface area contributed by atoms with Gasteiger partial charge >= 0.3 is 11.9 Å². The van der Waals surface area contributed by atoms with Gasteiger partial charge in [-0.05, 0) is 61.6 Å². The third-order valence-corrected chi connectivity index (χ3v) is 8.03. The summed E-state index contributed by atoms with van der Waals surface area (Å²) in [5.74, 6) is -1.71. The predicted molar refractivity (Wildman–Crippen MR) is 121 cm³/mol. The summed E-state index contributed by atoms with van der Waals surface area (Å²) in [6, 6.07) is -0.410. The Labute approximate surface area is 195 Å². The highest BCUT2D eigenvalue weighted by Gasteiger charge is 2.44. The zero-order valence-corrected chi connectivity index (χ0v) is 19.1. The number of nitrogens with one attached hydrogen (secondary N) is 2. The van der Waals surface area contributed by atoms with Gasteiger partial charge in [-0.3, -0.25) is 9.78 Å². The molecule has 2 aliphatic carbocycles. The molecule has 6 nitrogen and oxygen atoms in total. The number of nitrogens with two attached hydrogens (primary N) is 1. The number of aromatic nitrogens is 2. The maximum Gasteiger partial charge on any atom is 0.404 e. The van der Waals surface area contributed by atoms with Crippen molar-refractivity contribution < 1.29 is 22.3 Å². The summed E-state index contributed by atoms with van der Waals surface area (Å²) < 4.78 is 61.4. The number of H-pyrrole nitrogens is 2. The zero-order valence-electron chi connectivity index (χ0n) is 18.3. The molecule has 0 spiro atoms. The van der Waals surface area contributed by atoms with Crippen molar-refractivity contribution in [3.63, 3.8) is 0 Å². The molecule has 3 aromatic rings. The van der Waals surface area contributed by atoms with Crippen LogP contribution in [0.25, 0.3) is 21.3 Å². The minimum Gasteiger partial charge on any atom is -0.493 e. The van der Waals surface area contributed by atoms with Crippen molar-refractivity contribution in [3.05, 3.63) is 48.7 Å². The Hall–Kier alpha value is -2.66. The lowest BCUT2D eigenvalue weighted by atomic mass is 9.82. The number of thiophene rings is 1. The first-order valence-corrected chi connectivity index (χ1v) is 11.9. The van der Waals surface area contributed by atoms with Crippen molar-refractivity contribution in [2.45, 2.75) is 56.7 Å². The van der Waals surface area contributed by atoms with E-state index in [1.807, 2.05) is 0 Å². The second-order valence-electron chi connectivity index (χ2n) is 9.06. The van der Waals surface area contributed by atoms with Crippen molar-refractivity contribution in [1.82, 2.24) is 9.97 Å². The molecule has 1 fully saturated rings. The molecule has 1 aromatic carbocycles. The summed E-state index contributed by atoms with van der Waals surface area (Å²) in [5.41, 5.74) is 5.41. The van der Waals surface area contributed by atoms with E-state index in [0.717, 1.165) is 17.7 Å². The van der Waals surface area contributed by atoms with Gasteiger partial charge in [-0.15, -0.1) is 11.3 Å². The molecular weight excluding hydrogens is 474 g/mol. The van der Waals surface area contributed by atoms with E-state index < -0.39 is 35.2 Å². The molecule has 4 N–H and O–H groups in total. The van der Waals surface area contributed by atoms with Crippen LogP contribution in [0, 0.1) is 11.7 Å². The molecular formula is C23H23F4N3O3S. The van der Waals surface area contributed by atoms with Gasteiger partial charge < -0.3 is 15.5 Å². The summed E-state index contributed by atoms with van der Waals surface area (Å²) in [6.07, 6.45) is -0.803. The van der Waals surface area contributed by atoms with Crippen LogP contribution in [-0.2, 0) is 12.8 Å². The summed E-state index contributed by atoms with van der Waals surface area (Å²) >= 11 is 1.24. The number of fused-ring (bicyclic) bond motifs is 2. The lowest BCUT2D eigenvalue weighted by Crippen LogP contribution is -2.43. The van der Waals surface area contributed by atoms with E-state index in [0.29, 0.717) is 41.7 Å². The van der Waals surface area contributed by atoms with Crippen molar-refractivity contribution >= 4 is 22.2 Å². The molecule has 0 radical (unpaired) electrons. The smallest absolute Gasteiger partial charge is 0.404 e. The highest BCUT2D eigenvalue weighted by Crippen LogP contribution is 2.48. The van der Waals surface area contributed by atoms with Crippen LogP contribution in [0.3, 0.4) is 0 Å². The number of halogens is 4. The molecule has 2 heterocycles. The highest BCUT2D eigenvalue weighted by atomic mass is 32.1. The molecule has 2 unspecified atom stereocenters. The van der Waals surface area contributed by atoms with E-state index >= 15 is 4.39 Å². The van der Waals surface area contributed by atoms with Crippen molar-refractivity contribution in [2.75, 3.05) is 7.11 Å². The molecule has 0 saturated heterocycles. The number of alkyl halides is 3. The summed E-state index contributed by atoms with van der Waals surface area (Å²) in [7, 11) is 1.23. The van der Waals surface area contributed by atoms with Gasteiger partial charge in [0.15, 0.2) is 11.6 Å². The number of aryl methyl sites for hydroxylation is 1.